The topological polar surface area (TPSA) is 37.4 Å². The molecule has 0 bridgehead atoms. The van der Waals surface area contributed by atoms with E-state index < -0.39 is 0 Å². The monoisotopic (exact) mass is 249 g/mol. The minimum atomic E-state index is 0.414. The molecule has 1 fully saturated rings. The highest BCUT2D eigenvalue weighted by Crippen LogP contribution is 2.36. The molecule has 4 heteroatoms. The molecule has 0 aromatic carbocycles. The van der Waals surface area contributed by atoms with E-state index in [-0.39, 0.29) is 0 Å². The number of hydrogen-bond donors (Lipinski definition) is 1. The maximum atomic E-state index is 5.23. The maximum Gasteiger partial charge on any atom is 0.213 e. The van der Waals surface area contributed by atoms with Crippen molar-refractivity contribution in [1.82, 2.24) is 15.2 Å². The summed E-state index contributed by atoms with van der Waals surface area (Å²) in [5, 5.41) is 3.30. The first-order valence-electron chi connectivity index (χ1n) is 6.69. The van der Waals surface area contributed by atoms with Crippen LogP contribution in [0.5, 0.6) is 5.88 Å². The van der Waals surface area contributed by atoms with Crippen molar-refractivity contribution in [3.8, 4) is 5.88 Å². The van der Waals surface area contributed by atoms with E-state index in [1.54, 1.807) is 7.11 Å². The molecule has 0 aliphatic carbocycles. The van der Waals surface area contributed by atoms with Gasteiger partial charge in [0, 0.05) is 6.07 Å². The molecule has 100 valence electrons. The van der Waals surface area contributed by atoms with Crippen LogP contribution in [0, 0.1) is 5.92 Å². The summed E-state index contributed by atoms with van der Waals surface area (Å²) in [6.45, 7) is 5.49. The van der Waals surface area contributed by atoms with Gasteiger partial charge in [-0.2, -0.15) is 0 Å². The fourth-order valence-electron chi connectivity index (χ4n) is 2.90. The Hall–Kier alpha value is -1.13. The van der Waals surface area contributed by atoms with Crippen molar-refractivity contribution >= 4 is 0 Å². The summed E-state index contributed by atoms with van der Waals surface area (Å²) < 4.78 is 5.23. The van der Waals surface area contributed by atoms with E-state index in [1.807, 2.05) is 19.2 Å². The summed E-state index contributed by atoms with van der Waals surface area (Å²) in [5.41, 5.74) is 1.13. The fourth-order valence-corrected chi connectivity index (χ4v) is 2.90. The van der Waals surface area contributed by atoms with Crippen molar-refractivity contribution in [2.24, 2.45) is 5.92 Å². The van der Waals surface area contributed by atoms with E-state index in [2.05, 4.69) is 28.2 Å². The van der Waals surface area contributed by atoms with Crippen LogP contribution in [0.1, 0.15) is 25.1 Å². The van der Waals surface area contributed by atoms with Crippen molar-refractivity contribution in [3.05, 3.63) is 23.9 Å². The highest BCUT2D eigenvalue weighted by atomic mass is 16.5. The zero-order valence-electron chi connectivity index (χ0n) is 11.5. The molecule has 1 aromatic rings. The third kappa shape index (κ3) is 2.65. The van der Waals surface area contributed by atoms with Gasteiger partial charge in [0.15, 0.2) is 0 Å². The first kappa shape index (κ1) is 13.3. The Kier molecular flexibility index (Phi) is 4.55. The molecule has 2 atom stereocenters. The van der Waals surface area contributed by atoms with Crippen molar-refractivity contribution in [2.75, 3.05) is 33.8 Å². The number of nitrogens with zero attached hydrogens (tertiary/aromatic N) is 2. The summed E-state index contributed by atoms with van der Waals surface area (Å²) >= 11 is 0. The SMILES string of the molecule is CCN1CCC(CNC)C1c1cccc(OC)n1. The predicted molar refractivity (Wildman–Crippen MR) is 72.8 cm³/mol. The molecular weight excluding hydrogens is 226 g/mol. The van der Waals surface area contributed by atoms with Crippen LogP contribution in [0.2, 0.25) is 0 Å². The van der Waals surface area contributed by atoms with Crippen LogP contribution < -0.4 is 10.1 Å². The molecule has 1 aliphatic rings. The molecule has 2 heterocycles. The fraction of sp³-hybridized carbons (Fsp3) is 0.643. The van der Waals surface area contributed by atoms with Gasteiger partial charge in [0.05, 0.1) is 18.8 Å². The summed E-state index contributed by atoms with van der Waals surface area (Å²) in [5.74, 6) is 1.34. The van der Waals surface area contributed by atoms with Crippen molar-refractivity contribution in [1.29, 1.82) is 0 Å². The van der Waals surface area contributed by atoms with Crippen molar-refractivity contribution in [3.63, 3.8) is 0 Å². The van der Waals surface area contributed by atoms with Crippen LogP contribution in [-0.4, -0.2) is 43.7 Å². The van der Waals surface area contributed by atoms with Gasteiger partial charge < -0.3 is 10.1 Å². The van der Waals surface area contributed by atoms with Gasteiger partial charge >= 0.3 is 0 Å². The Morgan fingerprint density at radius 1 is 1.50 bits per heavy atom. The van der Waals surface area contributed by atoms with Gasteiger partial charge in [-0.05, 0) is 45.1 Å². The van der Waals surface area contributed by atoms with Crippen molar-refractivity contribution < 1.29 is 4.74 Å². The summed E-state index contributed by atoms with van der Waals surface area (Å²) in [7, 11) is 3.69. The van der Waals surface area contributed by atoms with Gasteiger partial charge in [0.2, 0.25) is 5.88 Å². The van der Waals surface area contributed by atoms with Crippen LogP contribution >= 0.6 is 0 Å². The standard InChI is InChI=1S/C14H23N3O/c1-4-17-9-8-11(10-15-2)14(17)12-6-5-7-13(16-12)18-3/h5-7,11,14-15H,4,8-10H2,1-3H3. The molecule has 0 radical (unpaired) electrons. The van der Waals surface area contributed by atoms with Crippen LogP contribution in [0.3, 0.4) is 0 Å². The Morgan fingerprint density at radius 3 is 3.00 bits per heavy atom. The molecule has 2 unspecified atom stereocenters. The molecule has 0 saturated carbocycles. The minimum absolute atomic E-state index is 0.414. The summed E-state index contributed by atoms with van der Waals surface area (Å²) in [6, 6.07) is 6.47. The molecule has 2 rings (SSSR count). The van der Waals surface area contributed by atoms with Crippen LogP contribution in [0.4, 0.5) is 0 Å². The van der Waals surface area contributed by atoms with Crippen LogP contribution in [-0.2, 0) is 0 Å². The number of aromatic nitrogens is 1. The van der Waals surface area contributed by atoms with Gasteiger partial charge in [0.25, 0.3) is 0 Å². The zero-order valence-corrected chi connectivity index (χ0v) is 11.5. The highest BCUT2D eigenvalue weighted by molar-refractivity contribution is 5.20. The van der Waals surface area contributed by atoms with Crippen molar-refractivity contribution in [2.45, 2.75) is 19.4 Å². The summed E-state index contributed by atoms with van der Waals surface area (Å²) in [4.78, 5) is 7.12. The minimum Gasteiger partial charge on any atom is -0.481 e. The van der Waals surface area contributed by atoms with Crippen LogP contribution in [0.25, 0.3) is 0 Å². The van der Waals surface area contributed by atoms with Gasteiger partial charge in [0.1, 0.15) is 0 Å². The second-order valence-electron chi connectivity index (χ2n) is 4.78. The first-order valence-corrected chi connectivity index (χ1v) is 6.69. The van der Waals surface area contributed by atoms with Gasteiger partial charge in [-0.25, -0.2) is 4.98 Å². The lowest BCUT2D eigenvalue weighted by atomic mass is 9.97. The number of pyridine rings is 1. The zero-order chi connectivity index (χ0) is 13.0. The largest absolute Gasteiger partial charge is 0.481 e. The van der Waals surface area contributed by atoms with Gasteiger partial charge in [-0.15, -0.1) is 0 Å². The third-order valence-electron chi connectivity index (χ3n) is 3.76. The molecular formula is C14H23N3O. The highest BCUT2D eigenvalue weighted by Gasteiger charge is 2.34. The number of methoxy groups -OCH3 is 1. The number of likely N-dealkylation sites (tertiary alicyclic amines) is 1. The van der Waals surface area contributed by atoms with Gasteiger partial charge in [-0.1, -0.05) is 13.0 Å². The van der Waals surface area contributed by atoms with E-state index >= 15 is 0 Å². The summed E-state index contributed by atoms with van der Waals surface area (Å²) in [6.07, 6.45) is 1.23. The van der Waals surface area contributed by atoms with E-state index in [9.17, 15) is 0 Å². The number of ether oxygens (including phenoxy) is 1. The van der Waals surface area contributed by atoms with Crippen LogP contribution in [0.15, 0.2) is 18.2 Å². The molecule has 4 nitrogen and oxygen atoms in total. The first-order chi connectivity index (χ1) is 8.80. The lowest BCUT2D eigenvalue weighted by Crippen LogP contribution is -2.29. The molecule has 0 amide bonds. The van der Waals surface area contributed by atoms with E-state index in [4.69, 9.17) is 4.74 Å². The second kappa shape index (κ2) is 6.16. The normalized spacial score (nSPS) is 24.4. The molecule has 1 N–H and O–H groups in total. The maximum absolute atomic E-state index is 5.23. The van der Waals surface area contributed by atoms with E-state index in [1.165, 1.54) is 6.42 Å². The molecule has 18 heavy (non-hydrogen) atoms. The lowest BCUT2D eigenvalue weighted by Gasteiger charge is -2.26. The lowest BCUT2D eigenvalue weighted by molar-refractivity contribution is 0.232. The van der Waals surface area contributed by atoms with Gasteiger partial charge in [-0.3, -0.25) is 4.90 Å². The Labute approximate surface area is 109 Å². The second-order valence-corrected chi connectivity index (χ2v) is 4.78. The Morgan fingerprint density at radius 2 is 2.33 bits per heavy atom. The number of rotatable bonds is 5. The molecule has 0 spiro atoms. The quantitative estimate of drug-likeness (QED) is 0.862. The average molecular weight is 249 g/mol. The number of hydrogen-bond acceptors (Lipinski definition) is 4. The molecule has 1 aromatic heterocycles. The molecule has 1 aliphatic heterocycles. The average Bonchev–Trinajstić information content (AvgIpc) is 2.82. The number of nitrogens with one attached hydrogen (secondary N) is 1. The third-order valence-corrected chi connectivity index (χ3v) is 3.76. The van der Waals surface area contributed by atoms with E-state index in [0.29, 0.717) is 17.8 Å². The Balaban J connectivity index is 2.25. The molecule has 1 saturated heterocycles. The Bertz CT molecular complexity index is 383. The van der Waals surface area contributed by atoms with E-state index in [0.717, 1.165) is 25.3 Å². The predicted octanol–water partition coefficient (Wildman–Crippen LogP) is 1.69. The smallest absolute Gasteiger partial charge is 0.213 e.